The smallest absolute Gasteiger partial charge is 0.407 e. The predicted molar refractivity (Wildman–Crippen MR) is 93.5 cm³/mol. The molecule has 6 nitrogen and oxygen atoms in total. The van der Waals surface area contributed by atoms with E-state index >= 15 is 0 Å². The molecule has 0 radical (unpaired) electrons. The van der Waals surface area contributed by atoms with Gasteiger partial charge in [0.1, 0.15) is 5.60 Å². The number of nitrogens with zero attached hydrogens (tertiary/aromatic N) is 1. The first-order valence-electron chi connectivity index (χ1n) is 7.70. The first-order valence-corrected chi connectivity index (χ1v) is 7.70. The number of nitrogens with one attached hydrogen (secondary N) is 2. The lowest BCUT2D eigenvalue weighted by Crippen LogP contribution is -2.33. The number of nitrogens with two attached hydrogens (primary N) is 1. The van der Waals surface area contributed by atoms with E-state index in [9.17, 15) is 4.79 Å². The van der Waals surface area contributed by atoms with Crippen LogP contribution in [0.1, 0.15) is 27.2 Å². The number of benzene rings is 1. The number of alkyl carbamates (subject to hydrolysis) is 1. The van der Waals surface area contributed by atoms with E-state index in [4.69, 9.17) is 10.5 Å². The van der Waals surface area contributed by atoms with E-state index in [0.29, 0.717) is 6.54 Å². The largest absolute Gasteiger partial charge is 0.444 e. The summed E-state index contributed by atoms with van der Waals surface area (Å²) in [5.41, 5.74) is 7.22. The average molecular weight is 316 g/mol. The van der Waals surface area contributed by atoms with Gasteiger partial charge in [0.05, 0.1) is 0 Å². The Kier molecular flexibility index (Phi) is 5.26. The molecule has 0 aliphatic carbocycles. The molecule has 0 spiro atoms. The number of carbonyl (C=O) groups is 1. The van der Waals surface area contributed by atoms with Crippen molar-refractivity contribution in [2.24, 2.45) is 0 Å². The average Bonchev–Trinajstić information content (AvgIpc) is 2.47. The standard InChI is InChI=1S/C17H24N4O2/c1-17(2,3)23-16(22)21-9-4-8-20-15-6-5-14(18)12-7-10-19-11-13(12)15/h5-7,10-11,20H,4,8-9,18H2,1-3H3,(H,21,22). The van der Waals surface area contributed by atoms with Gasteiger partial charge in [-0.25, -0.2) is 4.79 Å². The fourth-order valence-electron chi connectivity index (χ4n) is 2.18. The minimum Gasteiger partial charge on any atom is -0.444 e. The molecule has 2 rings (SSSR count). The summed E-state index contributed by atoms with van der Waals surface area (Å²) in [5.74, 6) is 0. The van der Waals surface area contributed by atoms with Gasteiger partial charge in [-0.1, -0.05) is 0 Å². The molecule has 2 aromatic rings. The fourth-order valence-corrected chi connectivity index (χ4v) is 2.18. The summed E-state index contributed by atoms with van der Waals surface area (Å²) in [5, 5.41) is 8.06. The summed E-state index contributed by atoms with van der Waals surface area (Å²) < 4.78 is 5.18. The van der Waals surface area contributed by atoms with Crippen LogP contribution in [0.4, 0.5) is 16.2 Å². The van der Waals surface area contributed by atoms with Crippen molar-refractivity contribution in [1.29, 1.82) is 0 Å². The van der Waals surface area contributed by atoms with Crippen LogP contribution in [0.2, 0.25) is 0 Å². The van der Waals surface area contributed by atoms with Gasteiger partial charge in [-0.2, -0.15) is 0 Å². The summed E-state index contributed by atoms with van der Waals surface area (Å²) in [6.07, 6.45) is 3.92. The second-order valence-electron chi connectivity index (χ2n) is 6.33. The number of ether oxygens (including phenoxy) is 1. The van der Waals surface area contributed by atoms with Crippen molar-refractivity contribution in [1.82, 2.24) is 10.3 Å². The highest BCUT2D eigenvalue weighted by Gasteiger charge is 2.15. The van der Waals surface area contributed by atoms with E-state index in [1.165, 1.54) is 0 Å². The maximum atomic E-state index is 11.5. The Morgan fingerprint density at radius 2 is 2.00 bits per heavy atom. The molecule has 0 atom stereocenters. The number of pyridine rings is 1. The Morgan fingerprint density at radius 1 is 1.22 bits per heavy atom. The number of hydrogen-bond acceptors (Lipinski definition) is 5. The molecular formula is C17H24N4O2. The lowest BCUT2D eigenvalue weighted by Gasteiger charge is -2.19. The number of anilines is 2. The molecule has 1 aromatic carbocycles. The molecule has 0 aliphatic heterocycles. The normalized spacial score (nSPS) is 11.3. The SMILES string of the molecule is CC(C)(C)OC(=O)NCCCNc1ccc(N)c2ccncc12. The van der Waals surface area contributed by atoms with Crippen molar-refractivity contribution >= 4 is 28.2 Å². The topological polar surface area (TPSA) is 89.3 Å². The molecule has 4 N–H and O–H groups in total. The van der Waals surface area contributed by atoms with E-state index in [-0.39, 0.29) is 6.09 Å². The fraction of sp³-hybridized carbons (Fsp3) is 0.412. The molecule has 1 heterocycles. The number of rotatable bonds is 5. The van der Waals surface area contributed by atoms with Gasteiger partial charge in [0.25, 0.3) is 0 Å². The molecule has 0 unspecified atom stereocenters. The summed E-state index contributed by atoms with van der Waals surface area (Å²) in [6, 6.07) is 5.73. The van der Waals surface area contributed by atoms with Crippen molar-refractivity contribution < 1.29 is 9.53 Å². The highest BCUT2D eigenvalue weighted by Crippen LogP contribution is 2.27. The van der Waals surface area contributed by atoms with E-state index in [1.807, 2.05) is 39.0 Å². The van der Waals surface area contributed by atoms with Crippen molar-refractivity contribution in [3.63, 3.8) is 0 Å². The highest BCUT2D eigenvalue weighted by molar-refractivity contribution is 6.00. The number of hydrogen-bond donors (Lipinski definition) is 3. The Bertz CT molecular complexity index is 680. The number of carbonyl (C=O) groups excluding carboxylic acids is 1. The Hall–Kier alpha value is -2.50. The summed E-state index contributed by atoms with van der Waals surface area (Å²) in [4.78, 5) is 15.7. The molecule has 124 valence electrons. The van der Waals surface area contributed by atoms with E-state index in [0.717, 1.165) is 35.1 Å². The maximum absolute atomic E-state index is 11.5. The molecule has 0 bridgehead atoms. The van der Waals surface area contributed by atoms with Crippen LogP contribution >= 0.6 is 0 Å². The van der Waals surface area contributed by atoms with E-state index < -0.39 is 5.60 Å². The molecule has 0 aliphatic rings. The third-order valence-electron chi connectivity index (χ3n) is 3.19. The highest BCUT2D eigenvalue weighted by atomic mass is 16.6. The quantitative estimate of drug-likeness (QED) is 0.582. The van der Waals surface area contributed by atoms with Crippen LogP contribution in [-0.4, -0.2) is 29.8 Å². The minimum atomic E-state index is -0.474. The molecule has 0 saturated carbocycles. The van der Waals surface area contributed by atoms with Crippen LogP contribution < -0.4 is 16.4 Å². The van der Waals surface area contributed by atoms with Gasteiger partial charge >= 0.3 is 6.09 Å². The van der Waals surface area contributed by atoms with Crippen LogP contribution in [0.5, 0.6) is 0 Å². The van der Waals surface area contributed by atoms with Crippen LogP contribution in [0, 0.1) is 0 Å². The lowest BCUT2D eigenvalue weighted by molar-refractivity contribution is 0.0528. The summed E-state index contributed by atoms with van der Waals surface area (Å²) >= 11 is 0. The van der Waals surface area contributed by atoms with Crippen LogP contribution in [0.25, 0.3) is 10.8 Å². The van der Waals surface area contributed by atoms with Crippen LogP contribution in [-0.2, 0) is 4.74 Å². The number of aromatic nitrogens is 1. The van der Waals surface area contributed by atoms with Gasteiger partial charge in [-0.3, -0.25) is 4.98 Å². The number of nitrogen functional groups attached to an aromatic ring is 1. The molecule has 0 fully saturated rings. The van der Waals surface area contributed by atoms with Gasteiger partial charge < -0.3 is 21.1 Å². The predicted octanol–water partition coefficient (Wildman–Crippen LogP) is 3.14. The van der Waals surface area contributed by atoms with Gasteiger partial charge in [-0.15, -0.1) is 0 Å². The van der Waals surface area contributed by atoms with Crippen LogP contribution in [0.3, 0.4) is 0 Å². The third kappa shape index (κ3) is 5.02. The monoisotopic (exact) mass is 316 g/mol. The molecular weight excluding hydrogens is 292 g/mol. The molecule has 1 amide bonds. The van der Waals surface area contributed by atoms with Gasteiger partial charge in [0.15, 0.2) is 0 Å². The number of fused-ring (bicyclic) bond motifs is 1. The summed E-state index contributed by atoms with van der Waals surface area (Å²) in [6.45, 7) is 6.80. The van der Waals surface area contributed by atoms with Crippen molar-refractivity contribution in [2.45, 2.75) is 32.8 Å². The van der Waals surface area contributed by atoms with E-state index in [1.54, 1.807) is 12.4 Å². The first kappa shape index (κ1) is 16.9. The second-order valence-corrected chi connectivity index (χ2v) is 6.33. The second kappa shape index (κ2) is 7.17. The molecule has 23 heavy (non-hydrogen) atoms. The van der Waals surface area contributed by atoms with Gasteiger partial charge in [0, 0.05) is 47.6 Å². The molecule has 0 saturated heterocycles. The zero-order chi connectivity index (χ0) is 16.9. The van der Waals surface area contributed by atoms with Gasteiger partial charge in [-0.05, 0) is 45.4 Å². The summed E-state index contributed by atoms with van der Waals surface area (Å²) in [7, 11) is 0. The van der Waals surface area contributed by atoms with Crippen LogP contribution in [0.15, 0.2) is 30.6 Å². The Balaban J connectivity index is 1.81. The number of amides is 1. The molecule has 1 aromatic heterocycles. The Morgan fingerprint density at radius 3 is 2.74 bits per heavy atom. The lowest BCUT2D eigenvalue weighted by atomic mass is 10.1. The molecule has 6 heteroatoms. The maximum Gasteiger partial charge on any atom is 0.407 e. The van der Waals surface area contributed by atoms with E-state index in [2.05, 4.69) is 15.6 Å². The van der Waals surface area contributed by atoms with Crippen molar-refractivity contribution in [3.8, 4) is 0 Å². The Labute approximate surface area is 136 Å². The van der Waals surface area contributed by atoms with Crippen molar-refractivity contribution in [3.05, 3.63) is 30.6 Å². The third-order valence-corrected chi connectivity index (χ3v) is 3.19. The van der Waals surface area contributed by atoms with Crippen molar-refractivity contribution in [2.75, 3.05) is 24.1 Å². The zero-order valence-electron chi connectivity index (χ0n) is 13.8. The first-order chi connectivity index (χ1) is 10.9. The van der Waals surface area contributed by atoms with Gasteiger partial charge in [0.2, 0.25) is 0 Å². The zero-order valence-corrected chi connectivity index (χ0v) is 13.8. The minimum absolute atomic E-state index is 0.389.